The van der Waals surface area contributed by atoms with Crippen molar-refractivity contribution in [1.29, 1.82) is 0 Å². The van der Waals surface area contributed by atoms with Crippen LogP contribution in [-0.4, -0.2) is 0 Å². The smallest absolute Gasteiger partial charge is 0.135 e. The highest BCUT2D eigenvalue weighted by molar-refractivity contribution is 5.78. The molecular weight excluding hydrogens is 220 g/mol. The van der Waals surface area contributed by atoms with Gasteiger partial charge in [0.1, 0.15) is 11.0 Å². The quantitative estimate of drug-likeness (QED) is 0.731. The maximum absolute atomic E-state index is 5.67. The van der Waals surface area contributed by atoms with Crippen LogP contribution in [0.15, 0.2) is 41.3 Å². The Morgan fingerprint density at radius 2 is 1.67 bits per heavy atom. The molecule has 0 spiro atoms. The van der Waals surface area contributed by atoms with Gasteiger partial charge in [-0.2, -0.15) is 0 Å². The van der Waals surface area contributed by atoms with Gasteiger partial charge in [0.15, 0.2) is 0 Å². The highest BCUT2D eigenvalue weighted by Gasteiger charge is 1.99. The molecule has 0 aliphatic carbocycles. The van der Waals surface area contributed by atoms with E-state index in [9.17, 15) is 0 Å². The molecule has 98 valence electrons. The predicted octanol–water partition coefficient (Wildman–Crippen LogP) is 4.25. The summed E-state index contributed by atoms with van der Waals surface area (Å²) in [6, 6.07) is 8.03. The zero-order valence-electron chi connectivity index (χ0n) is 12.2. The molecular formula is C17H24O. The van der Waals surface area contributed by atoms with Crippen molar-refractivity contribution >= 4 is 23.1 Å². The van der Waals surface area contributed by atoms with Gasteiger partial charge >= 0.3 is 0 Å². The number of rotatable bonds is 1. The van der Waals surface area contributed by atoms with Gasteiger partial charge < -0.3 is 4.42 Å². The summed E-state index contributed by atoms with van der Waals surface area (Å²) < 4.78 is 5.67. The molecule has 0 atom stereocenters. The third-order valence-corrected chi connectivity index (χ3v) is 2.22. The predicted molar refractivity (Wildman–Crippen MR) is 83.0 cm³/mol. The molecule has 1 heterocycles. The molecule has 0 radical (unpaired) electrons. The molecule has 1 aromatic heterocycles. The maximum atomic E-state index is 5.67. The summed E-state index contributed by atoms with van der Waals surface area (Å²) in [6.45, 7) is 13.7. The Bertz CT molecular complexity index is 573. The fraction of sp³-hybridized carbons (Fsp3) is 0.294. The fourth-order valence-electron chi connectivity index (χ4n) is 1.61. The Hall–Kier alpha value is -1.76. The SMILES string of the molecule is C=C/C=c1/oc2ccccc2/c1=C/C.CC.CC. The normalized spacial score (nSPS) is 11.4. The minimum absolute atomic E-state index is 0.878. The van der Waals surface area contributed by atoms with Gasteiger partial charge in [-0.1, -0.05) is 64.6 Å². The second-order valence-electron chi connectivity index (χ2n) is 3.07. The first-order valence-electron chi connectivity index (χ1n) is 6.63. The summed E-state index contributed by atoms with van der Waals surface area (Å²) in [5.41, 5.74) is 1.80. The van der Waals surface area contributed by atoms with E-state index in [4.69, 9.17) is 4.42 Å². The van der Waals surface area contributed by atoms with Crippen molar-refractivity contribution in [2.75, 3.05) is 0 Å². The van der Waals surface area contributed by atoms with Crippen molar-refractivity contribution in [3.63, 3.8) is 0 Å². The summed E-state index contributed by atoms with van der Waals surface area (Å²) in [5, 5.41) is 2.30. The highest BCUT2D eigenvalue weighted by atomic mass is 16.3. The van der Waals surface area contributed by atoms with Gasteiger partial charge in [-0.15, -0.1) is 0 Å². The van der Waals surface area contributed by atoms with E-state index < -0.39 is 0 Å². The van der Waals surface area contributed by atoms with Gasteiger partial charge in [-0.25, -0.2) is 0 Å². The minimum Gasteiger partial charge on any atom is -0.456 e. The summed E-state index contributed by atoms with van der Waals surface area (Å²) in [4.78, 5) is 0. The molecule has 2 aromatic rings. The first-order chi connectivity index (χ1) is 8.86. The molecule has 0 bridgehead atoms. The lowest BCUT2D eigenvalue weighted by molar-refractivity contribution is 0.575. The zero-order chi connectivity index (χ0) is 14.0. The summed E-state index contributed by atoms with van der Waals surface area (Å²) in [5.74, 6) is 0. The van der Waals surface area contributed by atoms with Crippen LogP contribution in [-0.2, 0) is 0 Å². The Balaban J connectivity index is 0.000000659. The van der Waals surface area contributed by atoms with Crippen LogP contribution in [0.4, 0.5) is 0 Å². The van der Waals surface area contributed by atoms with Crippen molar-refractivity contribution in [1.82, 2.24) is 0 Å². The van der Waals surface area contributed by atoms with Crippen LogP contribution >= 0.6 is 0 Å². The molecule has 1 heteroatoms. The van der Waals surface area contributed by atoms with Crippen molar-refractivity contribution in [3.8, 4) is 0 Å². The standard InChI is InChI=1S/C13H12O.2C2H6/c1-3-7-12-10(4-2)11-8-5-6-9-13(11)14-12;2*1-2/h3-9H,1H2,2H3;2*1-2H3/b10-4-,12-7+;;. The van der Waals surface area contributed by atoms with Gasteiger partial charge in [0.2, 0.25) is 0 Å². The minimum atomic E-state index is 0.878. The molecule has 18 heavy (non-hydrogen) atoms. The van der Waals surface area contributed by atoms with Crippen LogP contribution in [0.5, 0.6) is 0 Å². The maximum Gasteiger partial charge on any atom is 0.135 e. The highest BCUT2D eigenvalue weighted by Crippen LogP contribution is 2.06. The zero-order valence-corrected chi connectivity index (χ0v) is 12.2. The molecule has 0 fully saturated rings. The second kappa shape index (κ2) is 9.29. The topological polar surface area (TPSA) is 13.1 Å². The van der Waals surface area contributed by atoms with Crippen LogP contribution in [0, 0.1) is 0 Å². The van der Waals surface area contributed by atoms with Crippen LogP contribution in [0.2, 0.25) is 0 Å². The lowest BCUT2D eigenvalue weighted by Crippen LogP contribution is -2.18. The number of fused-ring (bicyclic) bond motifs is 1. The Morgan fingerprint density at radius 3 is 2.22 bits per heavy atom. The van der Waals surface area contributed by atoms with Crippen LogP contribution in [0.3, 0.4) is 0 Å². The van der Waals surface area contributed by atoms with Crippen molar-refractivity contribution in [2.45, 2.75) is 34.6 Å². The first kappa shape index (κ1) is 16.2. The Kier molecular flexibility index (Phi) is 8.38. The lowest BCUT2D eigenvalue weighted by Gasteiger charge is -1.82. The van der Waals surface area contributed by atoms with E-state index in [1.165, 1.54) is 0 Å². The summed E-state index contributed by atoms with van der Waals surface area (Å²) in [7, 11) is 0. The van der Waals surface area contributed by atoms with Gasteiger partial charge in [0.25, 0.3) is 0 Å². The molecule has 0 aliphatic heterocycles. The van der Waals surface area contributed by atoms with E-state index in [1.807, 2.05) is 58.9 Å². The average Bonchev–Trinajstić information content (AvgIpc) is 2.81. The van der Waals surface area contributed by atoms with E-state index in [2.05, 4.69) is 18.7 Å². The van der Waals surface area contributed by atoms with Gasteiger partial charge in [-0.3, -0.25) is 0 Å². The monoisotopic (exact) mass is 244 g/mol. The van der Waals surface area contributed by atoms with Crippen molar-refractivity contribution in [3.05, 3.63) is 47.6 Å². The van der Waals surface area contributed by atoms with Crippen molar-refractivity contribution < 1.29 is 4.42 Å². The number of allylic oxidation sites excluding steroid dienone is 1. The Morgan fingerprint density at radius 1 is 1.06 bits per heavy atom. The number of benzene rings is 1. The number of hydrogen-bond donors (Lipinski definition) is 0. The van der Waals surface area contributed by atoms with E-state index in [-0.39, 0.29) is 0 Å². The number of hydrogen-bond acceptors (Lipinski definition) is 1. The van der Waals surface area contributed by atoms with E-state index in [0.29, 0.717) is 0 Å². The second-order valence-corrected chi connectivity index (χ2v) is 3.07. The van der Waals surface area contributed by atoms with Crippen molar-refractivity contribution in [2.24, 2.45) is 0 Å². The molecule has 1 nitrogen and oxygen atoms in total. The lowest BCUT2D eigenvalue weighted by atomic mass is 10.2. The molecule has 0 saturated carbocycles. The molecule has 0 aliphatic rings. The van der Waals surface area contributed by atoms with Gasteiger partial charge in [0.05, 0.1) is 0 Å². The molecule has 1 aromatic carbocycles. The van der Waals surface area contributed by atoms with Crippen LogP contribution < -0.4 is 10.6 Å². The third kappa shape index (κ3) is 3.63. The van der Waals surface area contributed by atoms with E-state index in [0.717, 1.165) is 21.6 Å². The van der Waals surface area contributed by atoms with Gasteiger partial charge in [-0.05, 0) is 19.1 Å². The fourth-order valence-corrected chi connectivity index (χ4v) is 1.61. The summed E-state index contributed by atoms with van der Waals surface area (Å²) in [6.07, 6.45) is 5.68. The van der Waals surface area contributed by atoms with Crippen LogP contribution in [0.1, 0.15) is 34.6 Å². The summed E-state index contributed by atoms with van der Waals surface area (Å²) >= 11 is 0. The number of para-hydroxylation sites is 1. The van der Waals surface area contributed by atoms with Gasteiger partial charge in [0, 0.05) is 10.6 Å². The molecule has 2 rings (SSSR count). The number of furan rings is 1. The average molecular weight is 244 g/mol. The first-order valence-corrected chi connectivity index (χ1v) is 6.63. The molecule has 0 amide bonds. The Labute approximate surface area is 110 Å². The van der Waals surface area contributed by atoms with E-state index in [1.54, 1.807) is 6.08 Å². The molecule has 0 N–H and O–H groups in total. The molecule has 0 saturated heterocycles. The molecule has 0 unspecified atom stereocenters. The van der Waals surface area contributed by atoms with E-state index >= 15 is 0 Å². The largest absolute Gasteiger partial charge is 0.456 e. The van der Waals surface area contributed by atoms with Crippen LogP contribution in [0.25, 0.3) is 23.1 Å². The third-order valence-electron chi connectivity index (χ3n) is 2.22.